The Morgan fingerprint density at radius 1 is 1.00 bits per heavy atom. The van der Waals surface area contributed by atoms with Crippen LogP contribution in [0.3, 0.4) is 0 Å². The fraction of sp³-hybridized carbons (Fsp3) is 0.455. The van der Waals surface area contributed by atoms with Gasteiger partial charge in [0.15, 0.2) is 5.65 Å². The molecule has 2 aliphatic heterocycles. The molecule has 3 aromatic rings. The molecule has 0 aliphatic carbocycles. The number of amides is 1. The Morgan fingerprint density at radius 2 is 1.76 bits per heavy atom. The van der Waals surface area contributed by atoms with E-state index in [4.69, 9.17) is 0 Å². The van der Waals surface area contributed by atoms with E-state index in [1.807, 2.05) is 7.05 Å². The molecule has 0 spiro atoms. The predicted molar refractivity (Wildman–Crippen MR) is 124 cm³/mol. The molecule has 11 nitrogen and oxygen atoms in total. The number of piperazine rings is 1. The number of aromatic nitrogens is 4. The van der Waals surface area contributed by atoms with Crippen LogP contribution in [0.5, 0.6) is 0 Å². The zero-order chi connectivity index (χ0) is 22.9. The molecule has 2 aromatic heterocycles. The maximum atomic E-state index is 13.2. The molecule has 0 N–H and O–H groups in total. The third-order valence-electron chi connectivity index (χ3n) is 6.49. The van der Waals surface area contributed by atoms with Gasteiger partial charge in [0.05, 0.1) is 16.5 Å². The van der Waals surface area contributed by atoms with E-state index in [1.54, 1.807) is 27.9 Å². The van der Waals surface area contributed by atoms with Crippen molar-refractivity contribution in [3.63, 3.8) is 0 Å². The summed E-state index contributed by atoms with van der Waals surface area (Å²) >= 11 is 0. The molecular formula is C22H26N8O3. The van der Waals surface area contributed by atoms with E-state index in [-0.39, 0.29) is 16.5 Å². The molecule has 2 aliphatic rings. The SMILES string of the molecule is Cn1ncc2c(N3CCN(C(=O)c4ccc(N5CCCCC5)c([N+](=O)[O-])c4)CC3)ncnc21. The minimum Gasteiger partial charge on any atom is -0.366 e. The highest BCUT2D eigenvalue weighted by Gasteiger charge is 2.27. The van der Waals surface area contributed by atoms with Gasteiger partial charge >= 0.3 is 0 Å². The third-order valence-corrected chi connectivity index (χ3v) is 6.49. The summed E-state index contributed by atoms with van der Waals surface area (Å²) in [5, 5.41) is 16.9. The number of benzene rings is 1. The van der Waals surface area contributed by atoms with Gasteiger partial charge in [-0.3, -0.25) is 19.6 Å². The van der Waals surface area contributed by atoms with Crippen molar-refractivity contribution in [2.45, 2.75) is 19.3 Å². The van der Waals surface area contributed by atoms with Gasteiger partial charge in [-0.05, 0) is 31.4 Å². The first-order valence-corrected chi connectivity index (χ1v) is 11.2. The number of nitro groups is 1. The Bertz CT molecular complexity index is 1200. The van der Waals surface area contributed by atoms with Crippen LogP contribution in [0.2, 0.25) is 0 Å². The number of piperidine rings is 1. The number of fused-ring (bicyclic) bond motifs is 1. The Labute approximate surface area is 190 Å². The summed E-state index contributed by atoms with van der Waals surface area (Å²) in [6, 6.07) is 4.88. The molecular weight excluding hydrogens is 424 g/mol. The molecule has 5 rings (SSSR count). The maximum absolute atomic E-state index is 13.2. The van der Waals surface area contributed by atoms with Gasteiger partial charge < -0.3 is 14.7 Å². The van der Waals surface area contributed by atoms with Gasteiger partial charge in [0.1, 0.15) is 17.8 Å². The van der Waals surface area contributed by atoms with Crippen molar-refractivity contribution in [1.29, 1.82) is 0 Å². The average Bonchev–Trinajstić information content (AvgIpc) is 3.25. The highest BCUT2D eigenvalue weighted by molar-refractivity contribution is 5.96. The number of hydrogen-bond acceptors (Lipinski definition) is 8. The molecule has 1 aromatic carbocycles. The van der Waals surface area contributed by atoms with E-state index >= 15 is 0 Å². The Morgan fingerprint density at radius 3 is 2.48 bits per heavy atom. The molecule has 0 atom stereocenters. The van der Waals surface area contributed by atoms with Gasteiger partial charge in [-0.25, -0.2) is 9.97 Å². The molecule has 0 saturated carbocycles. The Kier molecular flexibility index (Phi) is 5.53. The van der Waals surface area contributed by atoms with Crippen LogP contribution in [0.4, 0.5) is 17.2 Å². The average molecular weight is 451 g/mol. The van der Waals surface area contributed by atoms with Gasteiger partial charge in [0.2, 0.25) is 0 Å². The minimum atomic E-state index is -0.382. The number of aryl methyl sites for hydroxylation is 1. The van der Waals surface area contributed by atoms with Crippen molar-refractivity contribution in [2.75, 3.05) is 49.1 Å². The number of hydrogen-bond donors (Lipinski definition) is 0. The van der Waals surface area contributed by atoms with Crippen molar-refractivity contribution in [1.82, 2.24) is 24.6 Å². The van der Waals surface area contributed by atoms with Gasteiger partial charge in [0, 0.05) is 57.9 Å². The smallest absolute Gasteiger partial charge is 0.293 e. The summed E-state index contributed by atoms with van der Waals surface area (Å²) < 4.78 is 1.71. The van der Waals surface area contributed by atoms with E-state index < -0.39 is 0 Å². The van der Waals surface area contributed by atoms with Crippen LogP contribution in [0.25, 0.3) is 11.0 Å². The van der Waals surface area contributed by atoms with E-state index in [1.165, 1.54) is 12.4 Å². The largest absolute Gasteiger partial charge is 0.366 e. The number of nitrogens with zero attached hydrogens (tertiary/aromatic N) is 8. The lowest BCUT2D eigenvalue weighted by atomic mass is 10.1. The molecule has 2 fully saturated rings. The first-order valence-electron chi connectivity index (χ1n) is 11.2. The van der Waals surface area contributed by atoms with E-state index in [0.29, 0.717) is 37.4 Å². The summed E-state index contributed by atoms with van der Waals surface area (Å²) in [6.07, 6.45) is 6.48. The predicted octanol–water partition coefficient (Wildman–Crippen LogP) is 2.22. The molecule has 0 radical (unpaired) electrons. The lowest BCUT2D eigenvalue weighted by molar-refractivity contribution is -0.384. The molecule has 11 heteroatoms. The second-order valence-corrected chi connectivity index (χ2v) is 8.49. The molecule has 0 bridgehead atoms. The summed E-state index contributed by atoms with van der Waals surface area (Å²) in [5.41, 5.74) is 1.72. The van der Waals surface area contributed by atoms with E-state index in [2.05, 4.69) is 24.9 Å². The third kappa shape index (κ3) is 3.94. The van der Waals surface area contributed by atoms with Crippen molar-refractivity contribution >= 4 is 34.1 Å². The van der Waals surface area contributed by atoms with Crippen LogP contribution in [0.15, 0.2) is 30.7 Å². The Balaban J connectivity index is 1.31. The highest BCUT2D eigenvalue weighted by Crippen LogP contribution is 2.32. The normalized spacial score (nSPS) is 16.9. The van der Waals surface area contributed by atoms with Crippen LogP contribution >= 0.6 is 0 Å². The van der Waals surface area contributed by atoms with Crippen molar-refractivity contribution < 1.29 is 9.72 Å². The highest BCUT2D eigenvalue weighted by atomic mass is 16.6. The number of nitro benzene ring substituents is 1. The van der Waals surface area contributed by atoms with E-state index in [0.717, 1.165) is 49.2 Å². The van der Waals surface area contributed by atoms with Crippen LogP contribution in [-0.2, 0) is 7.05 Å². The molecule has 172 valence electrons. The summed E-state index contributed by atoms with van der Waals surface area (Å²) in [4.78, 5) is 39.2. The van der Waals surface area contributed by atoms with Crippen molar-refractivity contribution in [2.24, 2.45) is 7.05 Å². The lowest BCUT2D eigenvalue weighted by Crippen LogP contribution is -2.49. The first-order chi connectivity index (χ1) is 16.0. The molecule has 0 unspecified atom stereocenters. The van der Waals surface area contributed by atoms with Gasteiger partial charge in [-0.15, -0.1) is 0 Å². The number of carbonyl (C=O) groups is 1. The second-order valence-electron chi connectivity index (χ2n) is 8.49. The first kappa shape index (κ1) is 21.1. The monoisotopic (exact) mass is 450 g/mol. The van der Waals surface area contributed by atoms with Crippen LogP contribution in [0, 0.1) is 10.1 Å². The summed E-state index contributed by atoms with van der Waals surface area (Å²) in [7, 11) is 1.84. The standard InChI is InChI=1S/C22H26N8O3/c1-26-20-17(14-25-26)21(24-15-23-20)28-9-11-29(12-10-28)22(31)16-5-6-18(19(13-16)30(32)33)27-7-3-2-4-8-27/h5-6,13-15H,2-4,7-12H2,1H3. The maximum Gasteiger partial charge on any atom is 0.293 e. The number of carbonyl (C=O) groups excluding carboxylic acids is 1. The molecule has 1 amide bonds. The van der Waals surface area contributed by atoms with Crippen LogP contribution in [0.1, 0.15) is 29.6 Å². The molecule has 33 heavy (non-hydrogen) atoms. The quantitative estimate of drug-likeness (QED) is 0.439. The second kappa shape index (κ2) is 8.64. The summed E-state index contributed by atoms with van der Waals surface area (Å²) in [6.45, 7) is 3.85. The topological polar surface area (TPSA) is 114 Å². The van der Waals surface area contributed by atoms with Crippen molar-refractivity contribution in [3.05, 3.63) is 46.4 Å². The molecule has 2 saturated heterocycles. The lowest BCUT2D eigenvalue weighted by Gasteiger charge is -2.35. The van der Waals surface area contributed by atoms with Gasteiger partial charge in [0.25, 0.3) is 11.6 Å². The zero-order valence-corrected chi connectivity index (χ0v) is 18.6. The van der Waals surface area contributed by atoms with E-state index in [9.17, 15) is 14.9 Å². The van der Waals surface area contributed by atoms with Crippen LogP contribution < -0.4 is 9.80 Å². The molecule has 4 heterocycles. The minimum absolute atomic E-state index is 0.00124. The fourth-order valence-electron chi connectivity index (χ4n) is 4.71. The number of rotatable bonds is 4. The Hall–Kier alpha value is -3.76. The van der Waals surface area contributed by atoms with Crippen molar-refractivity contribution in [3.8, 4) is 0 Å². The fourth-order valence-corrected chi connectivity index (χ4v) is 4.71. The summed E-state index contributed by atoms with van der Waals surface area (Å²) in [5.74, 6) is 0.624. The van der Waals surface area contributed by atoms with Crippen LogP contribution in [-0.4, -0.2) is 74.7 Å². The number of anilines is 2. The van der Waals surface area contributed by atoms with Gasteiger partial charge in [-0.2, -0.15) is 5.10 Å². The zero-order valence-electron chi connectivity index (χ0n) is 18.6. The van der Waals surface area contributed by atoms with Gasteiger partial charge in [-0.1, -0.05) is 0 Å².